The predicted molar refractivity (Wildman–Crippen MR) is 86.0 cm³/mol. The molecule has 0 saturated heterocycles. The summed E-state index contributed by atoms with van der Waals surface area (Å²) in [7, 11) is 1.27. The van der Waals surface area contributed by atoms with Gasteiger partial charge >= 0.3 is 5.97 Å². The van der Waals surface area contributed by atoms with Crippen molar-refractivity contribution < 1.29 is 19.4 Å². The Bertz CT molecular complexity index is 799. The van der Waals surface area contributed by atoms with Crippen molar-refractivity contribution in [2.24, 2.45) is 0 Å². The van der Waals surface area contributed by atoms with E-state index in [1.165, 1.54) is 23.5 Å². The van der Waals surface area contributed by atoms with Crippen LogP contribution >= 0.6 is 11.5 Å². The average molecular weight is 333 g/mol. The fourth-order valence-corrected chi connectivity index (χ4v) is 3.16. The first-order valence-corrected chi connectivity index (χ1v) is 7.81. The second-order valence-corrected chi connectivity index (χ2v) is 5.60. The summed E-state index contributed by atoms with van der Waals surface area (Å²) in [5, 5.41) is 14.9. The van der Waals surface area contributed by atoms with E-state index in [1.807, 2.05) is 23.6 Å². The van der Waals surface area contributed by atoms with E-state index in [-0.39, 0.29) is 36.9 Å². The Morgan fingerprint density at radius 1 is 1.52 bits per heavy atom. The van der Waals surface area contributed by atoms with Crippen LogP contribution in [0.15, 0.2) is 34.8 Å². The molecular weight excluding hydrogens is 318 g/mol. The molecule has 0 radical (unpaired) electrons. The van der Waals surface area contributed by atoms with Crippen LogP contribution in [-0.4, -0.2) is 53.1 Å². The van der Waals surface area contributed by atoms with Crippen LogP contribution in [0.3, 0.4) is 0 Å². The number of carbonyl (C=O) groups excluding carboxylic acids is 2. The van der Waals surface area contributed by atoms with Crippen LogP contribution in [0, 0.1) is 0 Å². The van der Waals surface area contributed by atoms with Crippen LogP contribution in [0.5, 0.6) is 0 Å². The highest BCUT2D eigenvalue weighted by atomic mass is 32.1. The van der Waals surface area contributed by atoms with Gasteiger partial charge in [0.1, 0.15) is 5.70 Å². The third kappa shape index (κ3) is 2.78. The smallest absolute Gasteiger partial charge is 0.337 e. The largest absolute Gasteiger partial charge is 0.466 e. The second-order valence-electron chi connectivity index (χ2n) is 4.97. The third-order valence-corrected chi connectivity index (χ3v) is 4.26. The number of nitrogens with zero attached hydrogens (tertiary/aromatic N) is 2. The van der Waals surface area contributed by atoms with Gasteiger partial charge in [0.2, 0.25) is 0 Å². The van der Waals surface area contributed by atoms with Gasteiger partial charge in [-0.1, -0.05) is 6.07 Å². The lowest BCUT2D eigenvalue weighted by Crippen LogP contribution is -2.31. The molecule has 8 heteroatoms. The maximum Gasteiger partial charge on any atom is 0.337 e. The van der Waals surface area contributed by atoms with Crippen LogP contribution in [0.4, 0.5) is 5.69 Å². The van der Waals surface area contributed by atoms with Crippen molar-refractivity contribution in [1.29, 1.82) is 0 Å². The highest BCUT2D eigenvalue weighted by Crippen LogP contribution is 2.28. The number of ether oxygens (including phenoxy) is 1. The van der Waals surface area contributed by atoms with Gasteiger partial charge < -0.3 is 20.1 Å². The summed E-state index contributed by atoms with van der Waals surface area (Å²) in [6, 6.07) is 5.52. The summed E-state index contributed by atoms with van der Waals surface area (Å²) in [6.07, 6.45) is 0. The maximum absolute atomic E-state index is 12.5. The van der Waals surface area contributed by atoms with Crippen molar-refractivity contribution in [3.05, 3.63) is 34.8 Å². The normalized spacial score (nSPS) is 14.7. The average Bonchev–Trinajstić information content (AvgIpc) is 3.15. The van der Waals surface area contributed by atoms with Crippen LogP contribution in [0.25, 0.3) is 10.9 Å². The number of aliphatic hydroxyl groups is 1. The van der Waals surface area contributed by atoms with Gasteiger partial charge in [-0.05, 0) is 23.7 Å². The molecule has 0 atom stereocenters. The number of β-amino-alcohol motifs (C(OH)–C–C–N with tert-alkyl or cyclic N) is 1. The van der Waals surface area contributed by atoms with Gasteiger partial charge in [0.25, 0.3) is 5.91 Å². The molecule has 1 aliphatic rings. The van der Waals surface area contributed by atoms with Gasteiger partial charge in [-0.2, -0.15) is 4.37 Å². The molecule has 0 spiro atoms. The van der Waals surface area contributed by atoms with E-state index in [0.29, 0.717) is 5.69 Å². The minimum atomic E-state index is -0.558. The molecule has 2 aromatic rings. The van der Waals surface area contributed by atoms with Gasteiger partial charge in [-0.3, -0.25) is 4.79 Å². The molecule has 3 rings (SSSR count). The first kappa shape index (κ1) is 15.4. The van der Waals surface area contributed by atoms with E-state index in [9.17, 15) is 9.59 Å². The van der Waals surface area contributed by atoms with Gasteiger partial charge in [-0.25, -0.2) is 4.79 Å². The zero-order valence-electron chi connectivity index (χ0n) is 12.4. The van der Waals surface area contributed by atoms with Crippen molar-refractivity contribution in [3.63, 3.8) is 0 Å². The van der Waals surface area contributed by atoms with E-state index in [0.717, 1.165) is 10.9 Å². The Hall–Kier alpha value is -2.45. The van der Waals surface area contributed by atoms with Gasteiger partial charge in [0, 0.05) is 23.0 Å². The van der Waals surface area contributed by atoms with Gasteiger partial charge in [0.05, 0.1) is 31.4 Å². The van der Waals surface area contributed by atoms with Crippen molar-refractivity contribution >= 4 is 40.0 Å². The standard InChI is InChI=1S/C15H15N3O4S/c1-22-15(21)9-7-18(5-6-19)14(20)13(9)16-11-3-2-4-12-10(11)8-23-17-12/h2-4,8,16,19H,5-7H2,1H3. The van der Waals surface area contributed by atoms with E-state index in [1.54, 1.807) is 0 Å². The molecule has 1 aromatic heterocycles. The minimum absolute atomic E-state index is 0.117. The number of amides is 1. The lowest BCUT2D eigenvalue weighted by molar-refractivity contribution is -0.136. The van der Waals surface area contributed by atoms with Crippen LogP contribution < -0.4 is 5.32 Å². The Balaban J connectivity index is 1.98. The summed E-state index contributed by atoms with van der Waals surface area (Å²) in [6.45, 7) is 0.110. The first-order chi connectivity index (χ1) is 11.2. The Morgan fingerprint density at radius 2 is 2.35 bits per heavy atom. The van der Waals surface area contributed by atoms with E-state index in [2.05, 4.69) is 9.69 Å². The van der Waals surface area contributed by atoms with Gasteiger partial charge in [0.15, 0.2) is 0 Å². The molecule has 2 heterocycles. The third-order valence-electron chi connectivity index (χ3n) is 3.62. The Labute approximate surface area is 136 Å². The molecule has 0 unspecified atom stereocenters. The SMILES string of the molecule is COC(=O)C1=C(Nc2cccc3nscc23)C(=O)N(CCO)C1. The number of aromatic nitrogens is 1. The van der Waals surface area contributed by atoms with Crippen LogP contribution in [-0.2, 0) is 14.3 Å². The molecule has 1 aromatic carbocycles. The quantitative estimate of drug-likeness (QED) is 0.792. The van der Waals surface area contributed by atoms with Crippen molar-refractivity contribution in [2.45, 2.75) is 0 Å². The van der Waals surface area contributed by atoms with Crippen LogP contribution in [0.1, 0.15) is 0 Å². The predicted octanol–water partition coefficient (Wildman–Crippen LogP) is 0.970. The second kappa shape index (κ2) is 6.35. The minimum Gasteiger partial charge on any atom is -0.466 e. The lowest BCUT2D eigenvalue weighted by atomic mass is 10.2. The molecule has 0 bridgehead atoms. The summed E-state index contributed by atoms with van der Waals surface area (Å²) < 4.78 is 9.01. The topological polar surface area (TPSA) is 91.8 Å². The molecule has 23 heavy (non-hydrogen) atoms. The number of hydrogen-bond acceptors (Lipinski definition) is 7. The summed E-state index contributed by atoms with van der Waals surface area (Å²) in [4.78, 5) is 25.8. The molecule has 0 saturated carbocycles. The Morgan fingerprint density at radius 3 is 3.09 bits per heavy atom. The zero-order chi connectivity index (χ0) is 16.4. The number of anilines is 1. The first-order valence-electron chi connectivity index (χ1n) is 6.97. The molecular formula is C15H15N3O4S. The molecule has 2 N–H and O–H groups in total. The fourth-order valence-electron chi connectivity index (χ4n) is 2.48. The highest BCUT2D eigenvalue weighted by Gasteiger charge is 2.34. The van der Waals surface area contributed by atoms with Crippen molar-refractivity contribution in [2.75, 3.05) is 32.1 Å². The molecule has 1 aliphatic heterocycles. The number of fused-ring (bicyclic) bond motifs is 1. The van der Waals surface area contributed by atoms with Gasteiger partial charge in [-0.15, -0.1) is 0 Å². The Kier molecular flexibility index (Phi) is 4.26. The molecule has 120 valence electrons. The number of benzene rings is 1. The zero-order valence-corrected chi connectivity index (χ0v) is 13.2. The number of esters is 1. The maximum atomic E-state index is 12.5. The summed E-state index contributed by atoms with van der Waals surface area (Å²) in [5.74, 6) is -0.892. The highest BCUT2D eigenvalue weighted by molar-refractivity contribution is 7.04. The number of nitrogens with one attached hydrogen (secondary N) is 1. The van der Waals surface area contributed by atoms with Crippen molar-refractivity contribution in [1.82, 2.24) is 9.27 Å². The number of carbonyl (C=O) groups is 2. The lowest BCUT2D eigenvalue weighted by Gasteiger charge is -2.15. The van der Waals surface area contributed by atoms with E-state index < -0.39 is 5.97 Å². The number of rotatable bonds is 5. The summed E-state index contributed by atoms with van der Waals surface area (Å²) >= 11 is 1.32. The van der Waals surface area contributed by atoms with E-state index >= 15 is 0 Å². The monoisotopic (exact) mass is 333 g/mol. The molecule has 7 nitrogen and oxygen atoms in total. The number of methoxy groups -OCH3 is 1. The molecule has 0 aliphatic carbocycles. The molecule has 1 amide bonds. The number of hydrogen-bond donors (Lipinski definition) is 2. The van der Waals surface area contributed by atoms with Crippen LogP contribution in [0.2, 0.25) is 0 Å². The molecule has 0 fully saturated rings. The van der Waals surface area contributed by atoms with Crippen molar-refractivity contribution in [3.8, 4) is 0 Å². The van der Waals surface area contributed by atoms with E-state index in [4.69, 9.17) is 9.84 Å². The summed E-state index contributed by atoms with van der Waals surface area (Å²) in [5.41, 5.74) is 1.96. The number of aliphatic hydroxyl groups excluding tert-OH is 1. The fraction of sp³-hybridized carbons (Fsp3) is 0.267.